The van der Waals surface area contributed by atoms with Gasteiger partial charge in [0.05, 0.1) is 0 Å². The van der Waals surface area contributed by atoms with Gasteiger partial charge in [-0.3, -0.25) is 0 Å². The van der Waals surface area contributed by atoms with Crippen molar-refractivity contribution >= 4 is 5.69 Å². The van der Waals surface area contributed by atoms with Gasteiger partial charge < -0.3 is 10.6 Å². The molecule has 0 heterocycles. The summed E-state index contributed by atoms with van der Waals surface area (Å²) in [6.45, 7) is 10.7. The first-order valence-electron chi connectivity index (χ1n) is 6.34. The lowest BCUT2D eigenvalue weighted by Crippen LogP contribution is -2.33. The average Bonchev–Trinajstić information content (AvgIpc) is 2.20. The number of benzene rings is 1. The van der Waals surface area contributed by atoms with Gasteiger partial charge in [-0.25, -0.2) is 0 Å². The van der Waals surface area contributed by atoms with Gasteiger partial charge in [-0.2, -0.15) is 0 Å². The van der Waals surface area contributed by atoms with Crippen molar-refractivity contribution in [1.82, 2.24) is 0 Å². The van der Waals surface area contributed by atoms with E-state index in [0.29, 0.717) is 0 Å². The van der Waals surface area contributed by atoms with E-state index >= 15 is 0 Å². The minimum atomic E-state index is 0.264. The van der Waals surface area contributed by atoms with Crippen LogP contribution >= 0.6 is 0 Å². The molecule has 0 atom stereocenters. The number of rotatable bonds is 5. The highest BCUT2D eigenvalue weighted by Gasteiger charge is 2.20. The van der Waals surface area contributed by atoms with Crippen LogP contribution in [0.5, 0.6) is 0 Å². The molecule has 0 spiro atoms. The molecule has 0 aromatic heterocycles. The smallest absolute Gasteiger partial charge is 0.0396 e. The average molecular weight is 234 g/mol. The van der Waals surface area contributed by atoms with Crippen molar-refractivity contribution < 1.29 is 0 Å². The topological polar surface area (TPSA) is 29.3 Å². The maximum Gasteiger partial charge on any atom is 0.0396 e. The van der Waals surface area contributed by atoms with Crippen molar-refractivity contribution in [1.29, 1.82) is 0 Å². The van der Waals surface area contributed by atoms with Crippen molar-refractivity contribution in [3.8, 4) is 0 Å². The third-order valence-electron chi connectivity index (χ3n) is 3.26. The Morgan fingerprint density at radius 2 is 1.88 bits per heavy atom. The molecular weight excluding hydrogens is 208 g/mol. The molecule has 0 unspecified atom stereocenters. The zero-order chi connectivity index (χ0) is 13.1. The molecule has 0 aliphatic heterocycles. The molecule has 0 saturated heterocycles. The van der Waals surface area contributed by atoms with Gasteiger partial charge in [0.25, 0.3) is 0 Å². The molecule has 1 aromatic rings. The summed E-state index contributed by atoms with van der Waals surface area (Å²) in [5, 5.41) is 0. The quantitative estimate of drug-likeness (QED) is 0.848. The Balaban J connectivity index is 2.82. The van der Waals surface area contributed by atoms with Crippen LogP contribution in [0.3, 0.4) is 0 Å². The lowest BCUT2D eigenvalue weighted by molar-refractivity contribution is 0.347. The molecule has 1 rings (SSSR count). The van der Waals surface area contributed by atoms with E-state index in [1.807, 2.05) is 0 Å². The summed E-state index contributed by atoms with van der Waals surface area (Å²) in [5.41, 5.74) is 9.91. The Morgan fingerprint density at radius 1 is 1.24 bits per heavy atom. The number of nitrogens with two attached hydrogens (primary N) is 1. The van der Waals surface area contributed by atoms with Crippen molar-refractivity contribution in [2.45, 2.75) is 34.1 Å². The van der Waals surface area contributed by atoms with E-state index < -0.39 is 0 Å². The van der Waals surface area contributed by atoms with Crippen molar-refractivity contribution in [2.24, 2.45) is 11.1 Å². The monoisotopic (exact) mass is 234 g/mol. The third-order valence-corrected chi connectivity index (χ3v) is 3.26. The summed E-state index contributed by atoms with van der Waals surface area (Å²) in [5.74, 6) is 0. The van der Waals surface area contributed by atoms with E-state index in [9.17, 15) is 0 Å². The van der Waals surface area contributed by atoms with Gasteiger partial charge in [0.1, 0.15) is 0 Å². The van der Waals surface area contributed by atoms with Gasteiger partial charge in [-0.05, 0) is 49.4 Å². The minimum absolute atomic E-state index is 0.264. The van der Waals surface area contributed by atoms with Crippen LogP contribution in [0.2, 0.25) is 0 Å². The zero-order valence-corrected chi connectivity index (χ0v) is 11.9. The van der Waals surface area contributed by atoms with Crippen LogP contribution in [0, 0.1) is 19.3 Å². The van der Waals surface area contributed by atoms with Crippen LogP contribution < -0.4 is 10.6 Å². The number of hydrogen-bond donors (Lipinski definition) is 1. The van der Waals surface area contributed by atoms with Crippen molar-refractivity contribution in [3.05, 3.63) is 29.3 Å². The lowest BCUT2D eigenvalue weighted by atomic mass is 9.88. The van der Waals surface area contributed by atoms with Gasteiger partial charge in [0.2, 0.25) is 0 Å². The third kappa shape index (κ3) is 4.04. The number of anilines is 1. The molecule has 0 amide bonds. The first-order valence-corrected chi connectivity index (χ1v) is 6.34. The molecule has 0 saturated carbocycles. The first-order chi connectivity index (χ1) is 7.85. The van der Waals surface area contributed by atoms with E-state index in [-0.39, 0.29) is 5.41 Å². The van der Waals surface area contributed by atoms with Crippen LogP contribution in [0.25, 0.3) is 0 Å². The molecule has 0 aliphatic rings. The van der Waals surface area contributed by atoms with E-state index in [1.165, 1.54) is 16.8 Å². The number of nitrogens with zero attached hydrogens (tertiary/aromatic N) is 1. The highest BCUT2D eigenvalue weighted by atomic mass is 15.1. The van der Waals surface area contributed by atoms with Gasteiger partial charge in [0, 0.05) is 19.3 Å². The van der Waals surface area contributed by atoms with Crippen LogP contribution in [0.4, 0.5) is 5.69 Å². The summed E-state index contributed by atoms with van der Waals surface area (Å²) >= 11 is 0. The SMILES string of the molecule is Cc1ccc(C)c(N(C)CC(C)(C)CCN)c1. The maximum absolute atomic E-state index is 5.66. The summed E-state index contributed by atoms with van der Waals surface area (Å²) in [7, 11) is 2.17. The van der Waals surface area contributed by atoms with E-state index in [1.54, 1.807) is 0 Å². The highest BCUT2D eigenvalue weighted by Crippen LogP contribution is 2.26. The molecule has 2 heteroatoms. The molecule has 2 N–H and O–H groups in total. The van der Waals surface area contributed by atoms with Gasteiger partial charge in [-0.15, -0.1) is 0 Å². The Morgan fingerprint density at radius 3 is 2.47 bits per heavy atom. The number of aryl methyl sites for hydroxylation is 2. The maximum atomic E-state index is 5.66. The fraction of sp³-hybridized carbons (Fsp3) is 0.600. The minimum Gasteiger partial charge on any atom is -0.374 e. The van der Waals surface area contributed by atoms with Crippen LogP contribution in [-0.2, 0) is 0 Å². The largest absolute Gasteiger partial charge is 0.374 e. The predicted molar refractivity (Wildman–Crippen MR) is 76.6 cm³/mol. The molecule has 0 fully saturated rings. The van der Waals surface area contributed by atoms with Gasteiger partial charge in [-0.1, -0.05) is 26.0 Å². The van der Waals surface area contributed by atoms with Crippen LogP contribution in [-0.4, -0.2) is 20.1 Å². The Kier molecular flexibility index (Phi) is 4.58. The van der Waals surface area contributed by atoms with Crippen LogP contribution in [0.1, 0.15) is 31.4 Å². The molecule has 1 aromatic carbocycles. The Bertz CT molecular complexity index is 369. The molecule has 0 aliphatic carbocycles. The Labute approximate surface area is 106 Å². The van der Waals surface area contributed by atoms with Crippen molar-refractivity contribution in [2.75, 3.05) is 25.0 Å². The second-order valence-corrected chi connectivity index (χ2v) is 5.85. The Hall–Kier alpha value is -1.02. The zero-order valence-electron chi connectivity index (χ0n) is 11.9. The second-order valence-electron chi connectivity index (χ2n) is 5.85. The molecular formula is C15H26N2. The second kappa shape index (κ2) is 5.54. The molecule has 17 heavy (non-hydrogen) atoms. The van der Waals surface area contributed by atoms with E-state index in [2.05, 4.69) is 57.8 Å². The predicted octanol–water partition coefficient (Wildman–Crippen LogP) is 3.11. The fourth-order valence-corrected chi connectivity index (χ4v) is 2.33. The summed E-state index contributed by atoms with van der Waals surface area (Å²) < 4.78 is 0. The van der Waals surface area contributed by atoms with Crippen LogP contribution in [0.15, 0.2) is 18.2 Å². The molecule has 0 radical (unpaired) electrons. The lowest BCUT2D eigenvalue weighted by Gasteiger charge is -2.32. The van der Waals surface area contributed by atoms with Gasteiger partial charge >= 0.3 is 0 Å². The van der Waals surface area contributed by atoms with Crippen molar-refractivity contribution in [3.63, 3.8) is 0 Å². The number of hydrogen-bond acceptors (Lipinski definition) is 2. The fourth-order valence-electron chi connectivity index (χ4n) is 2.33. The van der Waals surface area contributed by atoms with Gasteiger partial charge in [0.15, 0.2) is 0 Å². The first kappa shape index (κ1) is 14.0. The summed E-state index contributed by atoms with van der Waals surface area (Å²) in [6, 6.07) is 6.61. The van der Waals surface area contributed by atoms with E-state index in [4.69, 9.17) is 5.73 Å². The normalized spacial score (nSPS) is 11.6. The standard InChI is InChI=1S/C15H26N2/c1-12-6-7-13(2)14(10-12)17(5)11-15(3,4)8-9-16/h6-7,10H,8-9,11,16H2,1-5H3. The molecule has 2 nitrogen and oxygen atoms in total. The molecule has 0 bridgehead atoms. The highest BCUT2D eigenvalue weighted by molar-refractivity contribution is 5.54. The molecule has 96 valence electrons. The van der Waals surface area contributed by atoms with E-state index in [0.717, 1.165) is 19.5 Å². The summed E-state index contributed by atoms with van der Waals surface area (Å²) in [4.78, 5) is 2.35. The summed E-state index contributed by atoms with van der Waals surface area (Å²) in [6.07, 6.45) is 1.06.